The fourth-order valence-electron chi connectivity index (χ4n) is 2.37. The molecular weight excluding hydrogens is 226 g/mol. The first-order valence-corrected chi connectivity index (χ1v) is 6.45. The van der Waals surface area contributed by atoms with Gasteiger partial charge in [-0.15, -0.1) is 0 Å². The van der Waals surface area contributed by atoms with Crippen LogP contribution in [-0.2, 0) is 4.74 Å². The summed E-state index contributed by atoms with van der Waals surface area (Å²) in [6.07, 6.45) is 4.21. The van der Waals surface area contributed by atoms with Gasteiger partial charge >= 0.3 is 0 Å². The number of benzene rings is 1. The molecule has 1 unspecified atom stereocenters. The Hall–Kier alpha value is -1.68. The molecule has 0 bridgehead atoms. The molecule has 1 saturated heterocycles. The number of rotatable bonds is 3. The third kappa shape index (κ3) is 2.43. The normalized spacial score (nSPS) is 19.9. The summed E-state index contributed by atoms with van der Waals surface area (Å²) in [6.45, 7) is 2.72. The number of aromatic nitrogens is 2. The lowest BCUT2D eigenvalue weighted by molar-refractivity contribution is 0.0595. The van der Waals surface area contributed by atoms with Gasteiger partial charge in [-0.2, -0.15) is 10.2 Å². The van der Waals surface area contributed by atoms with E-state index in [2.05, 4.69) is 21.6 Å². The number of hydrogen-bond donors (Lipinski definition) is 1. The lowest BCUT2D eigenvalue weighted by atomic mass is 10.0. The third-order valence-electron chi connectivity index (χ3n) is 3.38. The van der Waals surface area contributed by atoms with Gasteiger partial charge in [0.25, 0.3) is 0 Å². The number of fused-ring (bicyclic) bond motifs is 1. The smallest absolute Gasteiger partial charge is 0.0950 e. The summed E-state index contributed by atoms with van der Waals surface area (Å²) >= 11 is 0. The number of nitrogens with one attached hydrogen (secondary N) is 1. The fourth-order valence-corrected chi connectivity index (χ4v) is 2.37. The van der Waals surface area contributed by atoms with Crippen molar-refractivity contribution in [1.82, 2.24) is 10.2 Å². The van der Waals surface area contributed by atoms with Gasteiger partial charge in [0.05, 0.1) is 24.0 Å². The van der Waals surface area contributed by atoms with Crippen molar-refractivity contribution in [1.29, 1.82) is 0 Å². The highest BCUT2D eigenvalue weighted by Gasteiger charge is 2.13. The molecule has 0 radical (unpaired) electrons. The molecule has 4 heteroatoms. The van der Waals surface area contributed by atoms with Crippen LogP contribution in [0.3, 0.4) is 0 Å². The maximum absolute atomic E-state index is 5.49. The summed E-state index contributed by atoms with van der Waals surface area (Å²) in [5.41, 5.74) is 1.99. The summed E-state index contributed by atoms with van der Waals surface area (Å²) < 4.78 is 5.49. The van der Waals surface area contributed by atoms with Crippen LogP contribution in [0.1, 0.15) is 12.8 Å². The maximum atomic E-state index is 5.49. The molecule has 4 nitrogen and oxygen atoms in total. The van der Waals surface area contributed by atoms with Gasteiger partial charge in [-0.05, 0) is 24.8 Å². The second-order valence-electron chi connectivity index (χ2n) is 4.74. The Morgan fingerprint density at radius 1 is 1.33 bits per heavy atom. The molecule has 1 aliphatic heterocycles. The van der Waals surface area contributed by atoms with Gasteiger partial charge in [0, 0.05) is 18.5 Å². The van der Waals surface area contributed by atoms with Crippen molar-refractivity contribution in [3.05, 3.63) is 30.5 Å². The topological polar surface area (TPSA) is 47.0 Å². The van der Waals surface area contributed by atoms with E-state index >= 15 is 0 Å². The van der Waals surface area contributed by atoms with E-state index in [4.69, 9.17) is 4.74 Å². The van der Waals surface area contributed by atoms with Crippen LogP contribution in [0, 0.1) is 5.92 Å². The molecule has 0 aliphatic carbocycles. The van der Waals surface area contributed by atoms with Crippen molar-refractivity contribution < 1.29 is 4.74 Å². The Bertz CT molecular complexity index is 518. The van der Waals surface area contributed by atoms with Gasteiger partial charge in [0.1, 0.15) is 0 Å². The number of nitrogens with zero attached hydrogens (tertiary/aromatic N) is 2. The van der Waals surface area contributed by atoms with Crippen molar-refractivity contribution in [2.45, 2.75) is 12.8 Å². The summed E-state index contributed by atoms with van der Waals surface area (Å²) in [6, 6.07) is 8.07. The molecule has 0 spiro atoms. The molecular formula is C14H17N3O. The minimum Gasteiger partial charge on any atom is -0.383 e. The minimum absolute atomic E-state index is 0.602. The first-order chi connectivity index (χ1) is 8.93. The Labute approximate surface area is 106 Å². The van der Waals surface area contributed by atoms with Crippen molar-refractivity contribution in [2.24, 2.45) is 5.92 Å². The highest BCUT2D eigenvalue weighted by atomic mass is 16.5. The van der Waals surface area contributed by atoms with Gasteiger partial charge in [0.15, 0.2) is 0 Å². The summed E-state index contributed by atoms with van der Waals surface area (Å²) in [5, 5.41) is 12.8. The van der Waals surface area contributed by atoms with Crippen LogP contribution in [0.15, 0.2) is 30.5 Å². The van der Waals surface area contributed by atoms with Crippen molar-refractivity contribution in [3.63, 3.8) is 0 Å². The monoisotopic (exact) mass is 243 g/mol. The second-order valence-corrected chi connectivity index (χ2v) is 4.74. The van der Waals surface area contributed by atoms with E-state index in [1.807, 2.05) is 18.2 Å². The molecule has 1 N–H and O–H groups in total. The first-order valence-electron chi connectivity index (χ1n) is 6.45. The molecule has 1 atom stereocenters. The van der Waals surface area contributed by atoms with E-state index in [-0.39, 0.29) is 0 Å². The van der Waals surface area contributed by atoms with E-state index in [0.717, 1.165) is 36.3 Å². The van der Waals surface area contributed by atoms with Crippen LogP contribution in [0.25, 0.3) is 10.9 Å². The number of hydrogen-bond acceptors (Lipinski definition) is 4. The lowest BCUT2D eigenvalue weighted by Crippen LogP contribution is -2.24. The third-order valence-corrected chi connectivity index (χ3v) is 3.38. The predicted octanol–water partition coefficient (Wildman–Crippen LogP) is 2.47. The lowest BCUT2D eigenvalue weighted by Gasteiger charge is -2.22. The zero-order valence-corrected chi connectivity index (χ0v) is 10.3. The fraction of sp³-hybridized carbons (Fsp3) is 0.429. The predicted molar refractivity (Wildman–Crippen MR) is 71.6 cm³/mol. The quantitative estimate of drug-likeness (QED) is 0.899. The summed E-state index contributed by atoms with van der Waals surface area (Å²) in [7, 11) is 0. The molecule has 1 aromatic carbocycles. The van der Waals surface area contributed by atoms with Crippen LogP contribution in [0.4, 0.5) is 5.69 Å². The number of ether oxygens (including phenoxy) is 1. The van der Waals surface area contributed by atoms with Gasteiger partial charge in [-0.1, -0.05) is 18.2 Å². The zero-order valence-electron chi connectivity index (χ0n) is 10.3. The second kappa shape index (κ2) is 5.31. The van der Waals surface area contributed by atoms with Crippen molar-refractivity contribution in [3.8, 4) is 0 Å². The van der Waals surface area contributed by atoms with Gasteiger partial charge in [-0.3, -0.25) is 0 Å². The SMILES string of the molecule is c1ccc2c(NCC3CCCOC3)cnnc2c1. The molecule has 2 heterocycles. The van der Waals surface area contributed by atoms with E-state index in [1.165, 1.54) is 12.8 Å². The molecule has 2 aromatic rings. The molecule has 1 aromatic heterocycles. The molecule has 1 aliphatic rings. The molecule has 3 rings (SSSR count). The van der Waals surface area contributed by atoms with Crippen molar-refractivity contribution >= 4 is 16.6 Å². The first kappa shape index (κ1) is 11.4. The zero-order chi connectivity index (χ0) is 12.2. The largest absolute Gasteiger partial charge is 0.383 e. The Kier molecular flexibility index (Phi) is 3.37. The molecule has 94 valence electrons. The molecule has 1 fully saturated rings. The molecule has 0 amide bonds. The molecule has 18 heavy (non-hydrogen) atoms. The van der Waals surface area contributed by atoms with E-state index in [9.17, 15) is 0 Å². The summed E-state index contributed by atoms with van der Waals surface area (Å²) in [4.78, 5) is 0. The maximum Gasteiger partial charge on any atom is 0.0950 e. The average molecular weight is 243 g/mol. The van der Waals surface area contributed by atoms with Crippen LogP contribution < -0.4 is 5.32 Å². The highest BCUT2D eigenvalue weighted by molar-refractivity contribution is 5.90. The molecule has 0 saturated carbocycles. The average Bonchev–Trinajstić information content (AvgIpc) is 2.46. The van der Waals surface area contributed by atoms with Gasteiger partial charge < -0.3 is 10.1 Å². The van der Waals surface area contributed by atoms with Crippen LogP contribution in [0.5, 0.6) is 0 Å². The Balaban J connectivity index is 1.74. The highest BCUT2D eigenvalue weighted by Crippen LogP contribution is 2.21. The van der Waals surface area contributed by atoms with E-state index in [1.54, 1.807) is 6.20 Å². The van der Waals surface area contributed by atoms with E-state index in [0.29, 0.717) is 5.92 Å². The standard InChI is InChI=1S/C14H17N3O/c1-2-6-13-12(5-1)14(9-16-17-13)15-8-11-4-3-7-18-10-11/h1-2,5-6,9,11H,3-4,7-8,10H2,(H,15,17). The Morgan fingerprint density at radius 2 is 2.28 bits per heavy atom. The Morgan fingerprint density at radius 3 is 3.17 bits per heavy atom. The number of anilines is 1. The van der Waals surface area contributed by atoms with Crippen LogP contribution in [-0.4, -0.2) is 30.0 Å². The van der Waals surface area contributed by atoms with E-state index < -0.39 is 0 Å². The van der Waals surface area contributed by atoms with Gasteiger partial charge in [-0.25, -0.2) is 0 Å². The summed E-state index contributed by atoms with van der Waals surface area (Å²) in [5.74, 6) is 0.602. The van der Waals surface area contributed by atoms with Gasteiger partial charge in [0.2, 0.25) is 0 Å². The minimum atomic E-state index is 0.602. The van der Waals surface area contributed by atoms with Crippen molar-refractivity contribution in [2.75, 3.05) is 25.1 Å². The van der Waals surface area contributed by atoms with Crippen LogP contribution >= 0.6 is 0 Å². The van der Waals surface area contributed by atoms with Crippen LogP contribution in [0.2, 0.25) is 0 Å².